The van der Waals surface area contributed by atoms with E-state index in [-0.39, 0.29) is 0 Å². The third kappa shape index (κ3) is 2.77. The van der Waals surface area contributed by atoms with Gasteiger partial charge in [0, 0.05) is 18.8 Å². The Kier molecular flexibility index (Phi) is 4.84. The normalized spacial score (nSPS) is 13.1. The number of aromatic nitrogens is 2. The molecule has 0 fully saturated rings. The van der Waals surface area contributed by atoms with Gasteiger partial charge in [0.15, 0.2) is 0 Å². The van der Waals surface area contributed by atoms with Crippen molar-refractivity contribution in [3.63, 3.8) is 0 Å². The molecule has 3 heteroatoms. The molecule has 1 heterocycles. The molecular formula is C13H25N3. The van der Waals surface area contributed by atoms with Crippen LogP contribution < -0.4 is 5.32 Å². The Morgan fingerprint density at radius 1 is 1.31 bits per heavy atom. The number of nitrogens with one attached hydrogen (secondary N) is 1. The van der Waals surface area contributed by atoms with Crippen LogP contribution in [0.3, 0.4) is 0 Å². The molecule has 1 N–H and O–H groups in total. The minimum atomic E-state index is 0.519. The van der Waals surface area contributed by atoms with E-state index < -0.39 is 0 Å². The second-order valence-electron chi connectivity index (χ2n) is 4.46. The zero-order chi connectivity index (χ0) is 12.1. The number of hydrogen-bond acceptors (Lipinski definition) is 2. The third-order valence-corrected chi connectivity index (χ3v) is 3.36. The molecule has 0 radical (unpaired) electrons. The summed E-state index contributed by atoms with van der Waals surface area (Å²) in [5.74, 6) is 1.74. The maximum atomic E-state index is 4.52. The summed E-state index contributed by atoms with van der Waals surface area (Å²) in [6.45, 7) is 11.9. The standard InChI is InChI=1S/C13H25N3/c1-6-12(7-2)11(5)16-9-10(4)15-13(16)14-8-3/h9,11-12H,6-8H2,1-5H3,(H,14,15). The minimum Gasteiger partial charge on any atom is -0.356 e. The van der Waals surface area contributed by atoms with Crippen LogP contribution in [0, 0.1) is 12.8 Å². The van der Waals surface area contributed by atoms with Gasteiger partial charge >= 0.3 is 0 Å². The lowest BCUT2D eigenvalue weighted by Gasteiger charge is -2.24. The van der Waals surface area contributed by atoms with Gasteiger partial charge in [-0.3, -0.25) is 0 Å². The molecule has 0 aliphatic rings. The molecule has 1 unspecified atom stereocenters. The van der Waals surface area contributed by atoms with Gasteiger partial charge in [-0.25, -0.2) is 4.98 Å². The van der Waals surface area contributed by atoms with Crippen LogP contribution >= 0.6 is 0 Å². The molecule has 0 saturated heterocycles. The van der Waals surface area contributed by atoms with Crippen LogP contribution in [-0.4, -0.2) is 16.1 Å². The van der Waals surface area contributed by atoms with Gasteiger partial charge < -0.3 is 9.88 Å². The lowest BCUT2D eigenvalue weighted by molar-refractivity contribution is 0.335. The van der Waals surface area contributed by atoms with E-state index in [0.717, 1.165) is 24.1 Å². The summed E-state index contributed by atoms with van der Waals surface area (Å²) < 4.78 is 2.29. The minimum absolute atomic E-state index is 0.519. The Hall–Kier alpha value is -0.990. The van der Waals surface area contributed by atoms with Crippen LogP contribution in [-0.2, 0) is 0 Å². The summed E-state index contributed by atoms with van der Waals surface area (Å²) in [6.07, 6.45) is 4.60. The van der Waals surface area contributed by atoms with Gasteiger partial charge in [0.2, 0.25) is 5.95 Å². The first-order chi connectivity index (χ1) is 7.63. The quantitative estimate of drug-likeness (QED) is 0.798. The summed E-state index contributed by atoms with van der Waals surface area (Å²) in [6, 6.07) is 0.519. The van der Waals surface area contributed by atoms with Gasteiger partial charge in [-0.15, -0.1) is 0 Å². The Labute approximate surface area is 99.3 Å². The number of rotatable bonds is 6. The van der Waals surface area contributed by atoms with Crippen LogP contribution in [0.1, 0.15) is 52.3 Å². The molecule has 1 rings (SSSR count). The average Bonchev–Trinajstić information content (AvgIpc) is 2.62. The molecule has 0 saturated carbocycles. The fraction of sp³-hybridized carbons (Fsp3) is 0.769. The number of anilines is 1. The molecule has 1 atom stereocenters. The summed E-state index contributed by atoms with van der Waals surface area (Å²) >= 11 is 0. The Morgan fingerprint density at radius 3 is 2.44 bits per heavy atom. The van der Waals surface area contributed by atoms with E-state index in [0.29, 0.717) is 6.04 Å². The summed E-state index contributed by atoms with van der Waals surface area (Å²) in [4.78, 5) is 4.52. The smallest absolute Gasteiger partial charge is 0.203 e. The molecule has 0 amide bonds. The van der Waals surface area contributed by atoms with Crippen LogP contribution in [0.15, 0.2) is 6.20 Å². The van der Waals surface area contributed by atoms with Gasteiger partial charge in [-0.2, -0.15) is 0 Å². The fourth-order valence-electron chi connectivity index (χ4n) is 2.31. The highest BCUT2D eigenvalue weighted by Crippen LogP contribution is 2.27. The van der Waals surface area contributed by atoms with E-state index in [1.807, 2.05) is 0 Å². The van der Waals surface area contributed by atoms with E-state index >= 15 is 0 Å². The highest BCUT2D eigenvalue weighted by Gasteiger charge is 2.18. The summed E-state index contributed by atoms with van der Waals surface area (Å²) in [7, 11) is 0. The van der Waals surface area contributed by atoms with Crippen molar-refractivity contribution in [2.24, 2.45) is 5.92 Å². The zero-order valence-electron chi connectivity index (χ0n) is 11.2. The third-order valence-electron chi connectivity index (χ3n) is 3.36. The fourth-order valence-corrected chi connectivity index (χ4v) is 2.31. The van der Waals surface area contributed by atoms with Crippen molar-refractivity contribution in [1.82, 2.24) is 9.55 Å². The molecule has 0 aliphatic heterocycles. The predicted octanol–water partition coefficient (Wildman–Crippen LogP) is 3.62. The number of imidazole rings is 1. The maximum absolute atomic E-state index is 4.52. The van der Waals surface area contributed by atoms with Gasteiger partial charge in [0.05, 0.1) is 5.69 Å². The molecule has 0 aliphatic carbocycles. The van der Waals surface area contributed by atoms with Crippen LogP contribution in [0.5, 0.6) is 0 Å². The first-order valence-electron chi connectivity index (χ1n) is 6.43. The van der Waals surface area contributed by atoms with E-state index in [1.165, 1.54) is 12.8 Å². The van der Waals surface area contributed by atoms with Crippen molar-refractivity contribution in [2.75, 3.05) is 11.9 Å². The Morgan fingerprint density at radius 2 is 1.94 bits per heavy atom. The topological polar surface area (TPSA) is 29.9 Å². The van der Waals surface area contributed by atoms with Gasteiger partial charge in [0.1, 0.15) is 0 Å². The van der Waals surface area contributed by atoms with Crippen LogP contribution in [0.25, 0.3) is 0 Å². The van der Waals surface area contributed by atoms with Crippen molar-refractivity contribution >= 4 is 5.95 Å². The van der Waals surface area contributed by atoms with E-state index in [2.05, 4.69) is 55.7 Å². The molecule has 16 heavy (non-hydrogen) atoms. The van der Waals surface area contributed by atoms with Crippen LogP contribution in [0.4, 0.5) is 5.95 Å². The van der Waals surface area contributed by atoms with Gasteiger partial charge in [-0.1, -0.05) is 26.7 Å². The van der Waals surface area contributed by atoms with Crippen molar-refractivity contribution < 1.29 is 0 Å². The lowest BCUT2D eigenvalue weighted by Crippen LogP contribution is -2.17. The molecule has 0 bridgehead atoms. The second kappa shape index (κ2) is 5.92. The van der Waals surface area contributed by atoms with Crippen molar-refractivity contribution in [1.29, 1.82) is 0 Å². The first-order valence-corrected chi connectivity index (χ1v) is 6.43. The monoisotopic (exact) mass is 223 g/mol. The maximum Gasteiger partial charge on any atom is 0.203 e. The van der Waals surface area contributed by atoms with Crippen molar-refractivity contribution in [3.05, 3.63) is 11.9 Å². The molecule has 1 aromatic rings. The van der Waals surface area contributed by atoms with E-state index in [9.17, 15) is 0 Å². The van der Waals surface area contributed by atoms with Gasteiger partial charge in [0.25, 0.3) is 0 Å². The zero-order valence-corrected chi connectivity index (χ0v) is 11.2. The molecule has 0 spiro atoms. The van der Waals surface area contributed by atoms with Crippen molar-refractivity contribution in [2.45, 2.75) is 53.5 Å². The molecule has 3 nitrogen and oxygen atoms in total. The van der Waals surface area contributed by atoms with Gasteiger partial charge in [-0.05, 0) is 26.7 Å². The second-order valence-corrected chi connectivity index (χ2v) is 4.46. The highest BCUT2D eigenvalue weighted by atomic mass is 15.2. The lowest BCUT2D eigenvalue weighted by atomic mass is 9.95. The Bertz CT molecular complexity index is 313. The molecule has 0 aromatic carbocycles. The molecular weight excluding hydrogens is 198 g/mol. The number of aryl methyl sites for hydroxylation is 1. The molecule has 92 valence electrons. The SMILES string of the molecule is CCNc1nc(C)cn1C(C)C(CC)CC. The highest BCUT2D eigenvalue weighted by molar-refractivity contribution is 5.29. The summed E-state index contributed by atoms with van der Waals surface area (Å²) in [5.41, 5.74) is 1.09. The number of nitrogens with zero attached hydrogens (tertiary/aromatic N) is 2. The molecule has 1 aromatic heterocycles. The Balaban J connectivity index is 2.92. The van der Waals surface area contributed by atoms with Crippen molar-refractivity contribution in [3.8, 4) is 0 Å². The largest absolute Gasteiger partial charge is 0.356 e. The predicted molar refractivity (Wildman–Crippen MR) is 69.9 cm³/mol. The van der Waals surface area contributed by atoms with Crippen LogP contribution in [0.2, 0.25) is 0 Å². The summed E-state index contributed by atoms with van der Waals surface area (Å²) in [5, 5.41) is 3.33. The number of hydrogen-bond donors (Lipinski definition) is 1. The van der Waals surface area contributed by atoms with E-state index in [1.54, 1.807) is 0 Å². The first kappa shape index (κ1) is 13.1. The van der Waals surface area contributed by atoms with E-state index in [4.69, 9.17) is 0 Å². The average molecular weight is 223 g/mol.